The molecular formula is C112H109Cl4F3N12O6. The number of aromatic nitrogens is 7. The lowest BCUT2D eigenvalue weighted by Crippen LogP contribution is -2.44. The van der Waals surface area contributed by atoms with Gasteiger partial charge in [-0.2, -0.15) is 0 Å². The van der Waals surface area contributed by atoms with Crippen LogP contribution in [0.5, 0.6) is 11.5 Å². The fourth-order valence-corrected chi connectivity index (χ4v) is 21.9. The van der Waals surface area contributed by atoms with Gasteiger partial charge in [0.2, 0.25) is 0 Å². The molecule has 23 rings (SSSR count). The van der Waals surface area contributed by atoms with Crippen molar-refractivity contribution in [3.63, 3.8) is 0 Å². The number of aromatic amines is 5. The van der Waals surface area contributed by atoms with Gasteiger partial charge in [-0.1, -0.05) is 170 Å². The van der Waals surface area contributed by atoms with Crippen LogP contribution < -0.4 is 20.1 Å². The molecule has 18 nitrogen and oxygen atoms in total. The SMILES string of the molecule is CCOC(=O)N1CCc2c([nH]c3ccc(F)cc23)C1c1ccc(OC)cc1.COc1ccc(C2c3[nH]c4ccc(Cl)cc4c3CCN2C(=O)O[C@H]2C[C@@H](C)CC[C@@H]2C(C)C)cc1.Cc1ccc(C2NCCc3c2[nH]c2ccc(Cl)cc32)cc1.Clc1ccc2[nH]c3c(c2c1)CCN(Cc1ccccc1)C3c1ccc(-n2ccnc2)cc1.Fc1ccc(F)c(C2NCCc3c2[nH]c2ccc(Cl)cc32)c1. The van der Waals surface area contributed by atoms with Gasteiger partial charge in [0.1, 0.15) is 47.1 Å². The van der Waals surface area contributed by atoms with Gasteiger partial charge in [0.05, 0.1) is 45.3 Å². The van der Waals surface area contributed by atoms with Gasteiger partial charge in [-0.3, -0.25) is 14.7 Å². The zero-order valence-electron chi connectivity index (χ0n) is 77.4. The molecule has 1 fully saturated rings. The van der Waals surface area contributed by atoms with E-state index in [9.17, 15) is 22.8 Å². The zero-order valence-corrected chi connectivity index (χ0v) is 80.4. The maximum atomic E-state index is 14.1. The highest BCUT2D eigenvalue weighted by Crippen LogP contribution is 2.47. The van der Waals surface area contributed by atoms with Crippen LogP contribution in [-0.2, 0) is 48.1 Å². The monoisotopic (exact) mass is 1910 g/mol. The summed E-state index contributed by atoms with van der Waals surface area (Å²) in [7, 11) is 3.28. The molecule has 11 aromatic carbocycles. The Hall–Kier alpha value is -12.7. The van der Waals surface area contributed by atoms with E-state index in [0.29, 0.717) is 66.0 Å². The lowest BCUT2D eigenvalue weighted by molar-refractivity contribution is -0.0147. The van der Waals surface area contributed by atoms with Crippen molar-refractivity contribution in [1.29, 1.82) is 0 Å². The van der Waals surface area contributed by atoms with Crippen LogP contribution in [0.2, 0.25) is 20.1 Å². The van der Waals surface area contributed by atoms with E-state index in [1.54, 1.807) is 44.4 Å². The highest BCUT2D eigenvalue weighted by molar-refractivity contribution is 6.32. The van der Waals surface area contributed by atoms with Gasteiger partial charge < -0.3 is 59.1 Å². The minimum Gasteiger partial charge on any atom is -0.497 e. The summed E-state index contributed by atoms with van der Waals surface area (Å²) in [5.74, 6) is 1.89. The molecule has 1 aliphatic carbocycles. The van der Waals surface area contributed by atoms with E-state index < -0.39 is 11.6 Å². The molecule has 11 heterocycles. The molecule has 6 aromatic heterocycles. The van der Waals surface area contributed by atoms with Crippen LogP contribution in [0.4, 0.5) is 22.8 Å². The standard InChI is InChI=1S/C29H35ClN2O3.C27H23ClN4.C21H21FN2O3.C18H17ClN2.C17H13ClF2N2/c1-17(2)22-11-5-18(3)15-26(22)35-29(33)32-14-13-23-24-16-20(30)8-12-25(24)31-27(23)28(32)19-6-9-21(34-4)10-7-19;28-21-8-11-25-24(16-21)23-12-14-31(17-19-4-2-1-3-5-19)27(26(23)30-25)20-6-9-22(10-7-20)32-15-13-29-18-32;1-3-27-21(25)24-11-10-16-17-12-14(22)6-9-18(17)23-19(16)20(24)13-4-7-15(26-2)8-5-13;1-11-2-4-12(5-3-11)17-18-14(8-9-20-17)15-10-13(19)6-7-16(15)21-18;18-9-1-4-15-12(7-9)11-5-6-21-16(17(11)22-15)13-8-10(19)2-3-14(13)20/h6-10,12,16-18,22,26,28,31H,5,11,13-15H2,1-4H3;1-11,13,15-16,18,27,30H,12,14,17H2;4-9,12,20,23H,3,10-11H2,1-2H3;2-7,10,17,20-21H,8-9H2,1H3;1-4,7-8,16,21-22H,5-6H2/t18-,22+,26-,28?;;;;/m0..../s1. The Morgan fingerprint density at radius 1 is 0.474 bits per heavy atom. The number of carbonyl (C=O) groups is 2. The second-order valence-electron chi connectivity index (χ2n) is 36.7. The summed E-state index contributed by atoms with van der Waals surface area (Å²) in [6.07, 6.45) is 12.5. The Kier molecular flexibility index (Phi) is 27.9. The fourth-order valence-electron chi connectivity index (χ4n) is 21.2. The predicted octanol–water partition coefficient (Wildman–Crippen LogP) is 26.6. The van der Waals surface area contributed by atoms with E-state index in [1.807, 2.05) is 119 Å². The summed E-state index contributed by atoms with van der Waals surface area (Å²) < 4.78 is 65.7. The quantitative estimate of drug-likeness (QED) is 0.0582. The van der Waals surface area contributed by atoms with Crippen molar-refractivity contribution in [3.8, 4) is 17.2 Å². The number of carbonyl (C=O) groups excluding carboxylic acids is 2. The largest absolute Gasteiger partial charge is 0.497 e. The first-order valence-electron chi connectivity index (χ1n) is 47.1. The number of halogens is 7. The molecule has 5 unspecified atom stereocenters. The number of nitrogens with zero attached hydrogens (tertiary/aromatic N) is 5. The Morgan fingerprint density at radius 2 is 0.920 bits per heavy atom. The smallest absolute Gasteiger partial charge is 0.410 e. The molecule has 702 valence electrons. The average Bonchev–Trinajstić information content (AvgIpc) is 1.62. The van der Waals surface area contributed by atoms with Crippen LogP contribution in [0.15, 0.2) is 255 Å². The molecule has 17 aromatic rings. The van der Waals surface area contributed by atoms with Gasteiger partial charge in [-0.15, -0.1) is 0 Å². The van der Waals surface area contributed by atoms with Crippen molar-refractivity contribution in [3.05, 3.63) is 388 Å². The summed E-state index contributed by atoms with van der Waals surface area (Å²) >= 11 is 24.9. The molecule has 137 heavy (non-hydrogen) atoms. The first-order chi connectivity index (χ1) is 66.6. The normalized spacial score (nSPS) is 18.9. The van der Waals surface area contributed by atoms with E-state index in [1.165, 1.54) is 91.2 Å². The number of hydrogen-bond acceptors (Lipinski definition) is 10. The summed E-state index contributed by atoms with van der Waals surface area (Å²) in [5.41, 5.74) is 25.3. The Bertz CT molecular complexity index is 7190. The second kappa shape index (κ2) is 40.9. The maximum Gasteiger partial charge on any atom is 0.410 e. The number of ether oxygens (including phenoxy) is 4. The lowest BCUT2D eigenvalue weighted by Gasteiger charge is -2.40. The summed E-state index contributed by atoms with van der Waals surface area (Å²) in [6, 6.07) is 75.4. The first kappa shape index (κ1) is 93.3. The Balaban J connectivity index is 0.000000111. The van der Waals surface area contributed by atoms with Crippen LogP contribution in [0.1, 0.15) is 172 Å². The topological polar surface area (TPSA) is 202 Å². The van der Waals surface area contributed by atoms with E-state index in [2.05, 4.69) is 176 Å². The number of methoxy groups -OCH3 is 2. The number of amides is 2. The predicted molar refractivity (Wildman–Crippen MR) is 541 cm³/mol. The van der Waals surface area contributed by atoms with Crippen LogP contribution >= 0.6 is 46.4 Å². The molecule has 0 spiro atoms. The van der Waals surface area contributed by atoms with Crippen molar-refractivity contribution < 1.29 is 41.7 Å². The lowest BCUT2D eigenvalue weighted by atomic mass is 9.75. The number of hydrogen-bond donors (Lipinski definition) is 7. The first-order valence-corrected chi connectivity index (χ1v) is 48.6. The molecule has 25 heteroatoms. The minimum absolute atomic E-state index is 0.0364. The number of imidazole rings is 1. The third-order valence-electron chi connectivity index (χ3n) is 27.9. The Labute approximate surface area is 814 Å². The van der Waals surface area contributed by atoms with Gasteiger partial charge in [-0.25, -0.2) is 27.7 Å². The van der Waals surface area contributed by atoms with Crippen LogP contribution in [0.25, 0.3) is 60.2 Å². The number of rotatable bonds is 13. The molecule has 8 atom stereocenters. The van der Waals surface area contributed by atoms with E-state index in [-0.39, 0.29) is 54.3 Å². The van der Waals surface area contributed by atoms with Gasteiger partial charge in [-0.05, 0) is 278 Å². The van der Waals surface area contributed by atoms with Crippen molar-refractivity contribution in [2.75, 3.05) is 53.6 Å². The Morgan fingerprint density at radius 3 is 1.43 bits per heavy atom. The maximum absolute atomic E-state index is 14.1. The molecule has 6 aliphatic rings. The second-order valence-corrected chi connectivity index (χ2v) is 38.5. The molecule has 1 saturated carbocycles. The molecule has 2 amide bonds. The van der Waals surface area contributed by atoms with Crippen molar-refractivity contribution >= 4 is 113 Å². The fraction of sp³-hybridized carbons (Fsp3) is 0.277. The molecular weight excluding hydrogens is 1810 g/mol. The molecule has 5 aliphatic heterocycles. The molecule has 0 radical (unpaired) electrons. The summed E-state index contributed by atoms with van der Waals surface area (Å²) in [6.45, 7) is 15.7. The van der Waals surface area contributed by atoms with Crippen LogP contribution in [-0.4, -0.2) is 121 Å². The number of aryl methyl sites for hydroxylation is 1. The van der Waals surface area contributed by atoms with Crippen LogP contribution in [0.3, 0.4) is 0 Å². The van der Waals surface area contributed by atoms with Gasteiger partial charge in [0, 0.05) is 166 Å². The molecule has 7 N–H and O–H groups in total. The summed E-state index contributed by atoms with van der Waals surface area (Å²) in [4.78, 5) is 54.4. The number of H-pyrrole nitrogens is 5. The third-order valence-corrected chi connectivity index (χ3v) is 28.9. The van der Waals surface area contributed by atoms with E-state index in [0.717, 1.165) is 169 Å². The summed E-state index contributed by atoms with van der Waals surface area (Å²) in [5, 5.41) is 15.4. The van der Waals surface area contributed by atoms with Crippen molar-refractivity contribution in [2.24, 2.45) is 17.8 Å². The van der Waals surface area contributed by atoms with Gasteiger partial charge >= 0.3 is 12.2 Å². The highest BCUT2D eigenvalue weighted by Gasteiger charge is 2.42. The van der Waals surface area contributed by atoms with Gasteiger partial charge in [0.25, 0.3) is 0 Å². The minimum atomic E-state index is -0.440. The molecule has 0 saturated heterocycles. The average molecular weight is 1920 g/mol. The number of benzene rings is 11. The highest BCUT2D eigenvalue weighted by atomic mass is 35.5. The third kappa shape index (κ3) is 19.7. The number of fused-ring (bicyclic) bond motifs is 15. The van der Waals surface area contributed by atoms with Crippen LogP contribution in [0, 0.1) is 42.1 Å². The van der Waals surface area contributed by atoms with E-state index >= 15 is 0 Å². The van der Waals surface area contributed by atoms with Crippen molar-refractivity contribution in [1.82, 2.24) is 59.8 Å². The molecule has 0 bridgehead atoms. The number of nitrogens with one attached hydrogen (secondary N) is 7. The zero-order chi connectivity index (χ0) is 94.8. The van der Waals surface area contributed by atoms with Crippen molar-refractivity contribution in [2.45, 2.75) is 129 Å². The van der Waals surface area contributed by atoms with Gasteiger partial charge in [0.15, 0.2) is 0 Å². The van der Waals surface area contributed by atoms with E-state index in [4.69, 9.17) is 65.4 Å².